The van der Waals surface area contributed by atoms with E-state index in [-0.39, 0.29) is 52.6 Å². The number of nitrogens with one attached hydrogen (secondary N) is 1. The van der Waals surface area contributed by atoms with E-state index in [1.165, 1.54) is 49.3 Å². The van der Waals surface area contributed by atoms with Gasteiger partial charge in [0.25, 0.3) is 15.7 Å². The molecule has 0 spiro atoms. The van der Waals surface area contributed by atoms with Crippen molar-refractivity contribution in [2.45, 2.75) is 82.8 Å². The number of nitrogens with zero attached hydrogens (tertiary/aromatic N) is 3. The summed E-state index contributed by atoms with van der Waals surface area (Å²) < 4.78 is 35.0. The summed E-state index contributed by atoms with van der Waals surface area (Å²) in [5.41, 5.74) is 1.63. The Morgan fingerprint density at radius 3 is 2.34 bits per heavy atom. The van der Waals surface area contributed by atoms with Crippen LogP contribution in [0.1, 0.15) is 62.1 Å². The molecule has 11 nitrogen and oxygen atoms in total. The van der Waals surface area contributed by atoms with Crippen molar-refractivity contribution in [2.24, 2.45) is 0 Å². The van der Waals surface area contributed by atoms with Crippen LogP contribution in [0.3, 0.4) is 0 Å². The lowest BCUT2D eigenvalue weighted by molar-refractivity contribution is -0.385. The number of aryl methyl sites for hydroxylation is 2. The molecule has 1 saturated carbocycles. The fourth-order valence-corrected chi connectivity index (χ4v) is 7.40. The van der Waals surface area contributed by atoms with Gasteiger partial charge in [-0.05, 0) is 62.9 Å². The van der Waals surface area contributed by atoms with Crippen LogP contribution in [0.2, 0.25) is 5.02 Å². The average molecular weight is 685 g/mol. The molecular formula is C34H41ClN4O7S. The van der Waals surface area contributed by atoms with Gasteiger partial charge >= 0.3 is 0 Å². The number of anilines is 1. The van der Waals surface area contributed by atoms with E-state index in [0.29, 0.717) is 0 Å². The molecule has 0 aromatic heterocycles. The fourth-order valence-electron chi connectivity index (χ4n) is 5.80. The van der Waals surface area contributed by atoms with Gasteiger partial charge in [-0.25, -0.2) is 8.42 Å². The minimum Gasteiger partial charge on any atom is -0.495 e. The second-order valence-corrected chi connectivity index (χ2v) is 14.1. The number of sulfonamides is 1. The number of hydrogen-bond acceptors (Lipinski definition) is 7. The number of amides is 2. The molecule has 0 aliphatic heterocycles. The van der Waals surface area contributed by atoms with Crippen LogP contribution in [0.5, 0.6) is 5.75 Å². The van der Waals surface area contributed by atoms with Crippen molar-refractivity contribution in [3.8, 4) is 5.75 Å². The maximum atomic E-state index is 14.4. The summed E-state index contributed by atoms with van der Waals surface area (Å²) in [5.74, 6) is -0.841. The lowest BCUT2D eigenvalue weighted by Gasteiger charge is -2.34. The van der Waals surface area contributed by atoms with Crippen LogP contribution in [0.25, 0.3) is 0 Å². The molecule has 2 amide bonds. The number of halogens is 1. The molecule has 0 heterocycles. The highest BCUT2D eigenvalue weighted by atomic mass is 35.5. The van der Waals surface area contributed by atoms with Gasteiger partial charge in [0.05, 0.1) is 22.6 Å². The van der Waals surface area contributed by atoms with Gasteiger partial charge in [0, 0.05) is 29.2 Å². The predicted octanol–water partition coefficient (Wildman–Crippen LogP) is 6.33. The normalized spacial score (nSPS) is 14.2. The highest BCUT2D eigenvalue weighted by molar-refractivity contribution is 7.92. The molecule has 1 aliphatic rings. The first-order valence-electron chi connectivity index (χ1n) is 15.6. The molecule has 47 heavy (non-hydrogen) atoms. The number of benzene rings is 3. The molecule has 1 N–H and O–H groups in total. The molecule has 13 heteroatoms. The standard InChI is InChI=1S/C34H41ClN4O7S/c1-5-29(34(41)36-27-9-7-6-8-10-27)37(21-25-14-11-23(2)12-15-25)33(40)22-38(31-19-26(35)16-18-32(31)46-4)47(44,45)28-17-13-24(3)30(20-28)39(42)43/h11-20,27,29H,5-10,21-22H2,1-4H3,(H,36,41)/t29-/m1/s1. The van der Waals surface area contributed by atoms with Gasteiger partial charge in [-0.1, -0.05) is 73.7 Å². The minimum absolute atomic E-state index is 0.00607. The van der Waals surface area contributed by atoms with E-state index in [2.05, 4.69) is 5.32 Å². The molecule has 4 rings (SSSR count). The second-order valence-electron chi connectivity index (χ2n) is 11.8. The molecule has 3 aromatic carbocycles. The quantitative estimate of drug-likeness (QED) is 0.164. The van der Waals surface area contributed by atoms with Crippen LogP contribution in [-0.2, 0) is 26.2 Å². The number of hydrogen-bond donors (Lipinski definition) is 1. The van der Waals surface area contributed by atoms with Crippen molar-refractivity contribution < 1.29 is 27.7 Å². The Balaban J connectivity index is 1.80. The van der Waals surface area contributed by atoms with Gasteiger partial charge in [0.15, 0.2) is 0 Å². The Morgan fingerprint density at radius 2 is 1.72 bits per heavy atom. The largest absolute Gasteiger partial charge is 0.495 e. The summed E-state index contributed by atoms with van der Waals surface area (Å²) in [6.07, 6.45) is 5.14. The van der Waals surface area contributed by atoms with Gasteiger partial charge in [-0.3, -0.25) is 24.0 Å². The third-order valence-electron chi connectivity index (χ3n) is 8.46. The molecule has 1 atom stereocenters. The van der Waals surface area contributed by atoms with Crippen LogP contribution in [0.4, 0.5) is 11.4 Å². The molecule has 0 saturated heterocycles. The maximum Gasteiger partial charge on any atom is 0.273 e. The molecule has 3 aromatic rings. The summed E-state index contributed by atoms with van der Waals surface area (Å²) >= 11 is 6.31. The third-order valence-corrected chi connectivity index (χ3v) is 10.5. The first-order chi connectivity index (χ1) is 22.3. The molecule has 0 radical (unpaired) electrons. The fraction of sp³-hybridized carbons (Fsp3) is 0.412. The first kappa shape index (κ1) is 35.7. The number of methoxy groups -OCH3 is 1. The van der Waals surface area contributed by atoms with Gasteiger partial charge in [0.1, 0.15) is 18.3 Å². The van der Waals surface area contributed by atoms with Crippen LogP contribution >= 0.6 is 11.6 Å². The minimum atomic E-state index is -4.62. The van der Waals surface area contributed by atoms with Crippen LogP contribution in [-0.4, -0.2) is 55.8 Å². The van der Waals surface area contributed by atoms with Crippen molar-refractivity contribution in [1.82, 2.24) is 10.2 Å². The predicted molar refractivity (Wildman–Crippen MR) is 181 cm³/mol. The molecule has 0 bridgehead atoms. The topological polar surface area (TPSA) is 139 Å². The van der Waals surface area contributed by atoms with Crippen LogP contribution in [0, 0.1) is 24.0 Å². The summed E-state index contributed by atoms with van der Waals surface area (Å²) in [4.78, 5) is 40.3. The number of nitro benzene ring substituents is 1. The Morgan fingerprint density at radius 1 is 1.04 bits per heavy atom. The Bertz CT molecular complexity index is 1710. The smallest absolute Gasteiger partial charge is 0.273 e. The average Bonchev–Trinajstić information content (AvgIpc) is 3.04. The Kier molecular flexibility index (Phi) is 11.9. The second kappa shape index (κ2) is 15.6. The van der Waals surface area contributed by atoms with E-state index in [9.17, 15) is 28.1 Å². The highest BCUT2D eigenvalue weighted by Gasteiger charge is 2.36. The van der Waals surface area contributed by atoms with Gasteiger partial charge in [-0.15, -0.1) is 0 Å². The van der Waals surface area contributed by atoms with Gasteiger partial charge < -0.3 is 15.0 Å². The maximum absolute atomic E-state index is 14.4. The number of rotatable bonds is 13. The molecule has 1 fully saturated rings. The highest BCUT2D eigenvalue weighted by Crippen LogP contribution is 2.36. The van der Waals surface area contributed by atoms with Crippen LogP contribution < -0.4 is 14.4 Å². The van der Waals surface area contributed by atoms with E-state index in [4.69, 9.17) is 16.3 Å². The van der Waals surface area contributed by atoms with Gasteiger partial charge in [-0.2, -0.15) is 0 Å². The SMILES string of the molecule is CC[C@H](C(=O)NC1CCCCC1)N(Cc1ccc(C)cc1)C(=O)CN(c1cc(Cl)ccc1OC)S(=O)(=O)c1ccc(C)c([N+](=O)[O-])c1. The Labute approximate surface area is 281 Å². The zero-order valence-corrected chi connectivity index (χ0v) is 28.6. The molecular weight excluding hydrogens is 644 g/mol. The first-order valence-corrected chi connectivity index (χ1v) is 17.4. The Hall–Kier alpha value is -4.16. The van der Waals surface area contributed by atoms with Gasteiger partial charge in [0.2, 0.25) is 11.8 Å². The van der Waals surface area contributed by atoms with Crippen molar-refractivity contribution in [3.05, 3.63) is 92.5 Å². The monoisotopic (exact) mass is 684 g/mol. The summed E-state index contributed by atoms with van der Waals surface area (Å²) in [7, 11) is -3.27. The number of ether oxygens (including phenoxy) is 1. The lowest BCUT2D eigenvalue weighted by atomic mass is 9.95. The van der Waals surface area contributed by atoms with Crippen molar-refractivity contribution in [1.29, 1.82) is 0 Å². The number of carbonyl (C=O) groups is 2. The van der Waals surface area contributed by atoms with Crippen LogP contribution in [0.15, 0.2) is 65.6 Å². The van der Waals surface area contributed by atoms with E-state index < -0.39 is 38.3 Å². The number of nitro groups is 1. The van der Waals surface area contributed by atoms with E-state index in [1.807, 2.05) is 31.2 Å². The molecule has 1 aliphatic carbocycles. The van der Waals surface area contributed by atoms with E-state index in [1.54, 1.807) is 6.92 Å². The summed E-state index contributed by atoms with van der Waals surface area (Å²) in [6.45, 7) is 4.56. The molecule has 0 unspecified atom stereocenters. The number of carbonyl (C=O) groups excluding carboxylic acids is 2. The molecule has 252 valence electrons. The van der Waals surface area contributed by atoms with Crippen molar-refractivity contribution in [2.75, 3.05) is 18.0 Å². The zero-order valence-electron chi connectivity index (χ0n) is 27.1. The summed E-state index contributed by atoms with van der Waals surface area (Å²) in [5, 5.41) is 15.0. The van der Waals surface area contributed by atoms with Crippen molar-refractivity contribution in [3.63, 3.8) is 0 Å². The third kappa shape index (κ3) is 8.61. The van der Waals surface area contributed by atoms with E-state index in [0.717, 1.165) is 53.6 Å². The van der Waals surface area contributed by atoms with Crippen molar-refractivity contribution >= 4 is 44.8 Å². The summed E-state index contributed by atoms with van der Waals surface area (Å²) in [6, 6.07) is 14.5. The lowest BCUT2D eigenvalue weighted by Crippen LogP contribution is -2.54. The zero-order chi connectivity index (χ0) is 34.3. The van der Waals surface area contributed by atoms with E-state index >= 15 is 0 Å².